The molecule has 4 aliphatic heterocycles. The van der Waals surface area contributed by atoms with Gasteiger partial charge in [0.05, 0.1) is 36.9 Å². The molecule has 0 bridgehead atoms. The van der Waals surface area contributed by atoms with Crippen LogP contribution in [-0.4, -0.2) is 107 Å². The number of amides is 1. The van der Waals surface area contributed by atoms with Crippen molar-refractivity contribution < 1.29 is 57.8 Å². The number of ether oxygens (including phenoxy) is 6. The molecule has 4 aliphatic rings. The number of Topliss-reactive ketones (excluding diaryl/α,β-unsaturated/α-hetero) is 1. The highest BCUT2D eigenvalue weighted by Gasteiger charge is 2.57. The van der Waals surface area contributed by atoms with Crippen molar-refractivity contribution in [1.29, 1.82) is 0 Å². The maximum absolute atomic E-state index is 13.6. The largest absolute Gasteiger partial charge is 0.509 e. The lowest BCUT2D eigenvalue weighted by molar-refractivity contribution is -0.282. The standard InChI is InChI=1S/C30H47NO12/c1-9-20-30(7)21(40-28(37)43-30)11-19(33)14(2)12-29(6,13-32)24(16(4)22(34)17(5)25(35)39-20)42-26-23-18(10-15(3)38-26)31(8)27(36)41-23/h14-18,20-24,26,32,34H,9-13H2,1-8H3/t14-,15-,16+,17-,18+,20-,21-,22+,23-,24-,26+,29+,30-/m1/s1. The number of hydrogen-bond acceptors (Lipinski definition) is 12. The number of hydrogen-bond donors (Lipinski definition) is 2. The van der Waals surface area contributed by atoms with E-state index in [4.69, 9.17) is 28.4 Å². The Hall–Kier alpha value is -2.48. The normalized spacial score (nSPS) is 46.2. The molecule has 0 aromatic rings. The van der Waals surface area contributed by atoms with E-state index >= 15 is 0 Å². The lowest BCUT2D eigenvalue weighted by Crippen LogP contribution is -2.57. The molecule has 0 aromatic heterocycles. The highest BCUT2D eigenvalue weighted by atomic mass is 16.8. The minimum Gasteiger partial charge on any atom is -0.458 e. The van der Waals surface area contributed by atoms with Gasteiger partial charge in [0.25, 0.3) is 0 Å². The van der Waals surface area contributed by atoms with Crippen LogP contribution in [0, 0.1) is 23.2 Å². The van der Waals surface area contributed by atoms with Crippen molar-refractivity contribution in [3.8, 4) is 0 Å². The van der Waals surface area contributed by atoms with E-state index in [0.717, 1.165) is 0 Å². The van der Waals surface area contributed by atoms with Gasteiger partial charge >= 0.3 is 18.2 Å². The third-order valence-electron chi connectivity index (χ3n) is 10.00. The van der Waals surface area contributed by atoms with Crippen LogP contribution in [0.15, 0.2) is 0 Å². The van der Waals surface area contributed by atoms with Crippen molar-refractivity contribution in [3.05, 3.63) is 0 Å². The average molecular weight is 614 g/mol. The van der Waals surface area contributed by atoms with Crippen LogP contribution in [-0.2, 0) is 38.0 Å². The van der Waals surface area contributed by atoms with Gasteiger partial charge in [-0.3, -0.25) is 9.59 Å². The first-order valence-corrected chi connectivity index (χ1v) is 15.2. The summed E-state index contributed by atoms with van der Waals surface area (Å²) in [7, 11) is 1.65. The van der Waals surface area contributed by atoms with E-state index in [9.17, 15) is 29.4 Å². The maximum Gasteiger partial charge on any atom is 0.509 e. The number of aliphatic hydroxyl groups excluding tert-OH is 2. The zero-order chi connectivity index (χ0) is 32.0. The molecular weight excluding hydrogens is 566 g/mol. The van der Waals surface area contributed by atoms with Gasteiger partial charge in [0.1, 0.15) is 11.9 Å². The minimum atomic E-state index is -1.42. The maximum atomic E-state index is 13.6. The quantitative estimate of drug-likeness (QED) is 0.352. The molecule has 1 amide bonds. The Balaban J connectivity index is 1.72. The van der Waals surface area contributed by atoms with Crippen LogP contribution >= 0.6 is 0 Å². The summed E-state index contributed by atoms with van der Waals surface area (Å²) in [6, 6.07) is -0.300. The van der Waals surface area contributed by atoms with Gasteiger partial charge in [-0.05, 0) is 40.0 Å². The Morgan fingerprint density at radius 3 is 2.35 bits per heavy atom. The Kier molecular flexibility index (Phi) is 9.71. The monoisotopic (exact) mass is 613 g/mol. The summed E-state index contributed by atoms with van der Waals surface area (Å²) >= 11 is 0. The second kappa shape index (κ2) is 12.5. The summed E-state index contributed by atoms with van der Waals surface area (Å²) in [6.07, 6.45) is -7.00. The highest BCUT2D eigenvalue weighted by Crippen LogP contribution is 2.43. The van der Waals surface area contributed by atoms with Crippen molar-refractivity contribution in [1.82, 2.24) is 4.90 Å². The van der Waals surface area contributed by atoms with Crippen molar-refractivity contribution in [2.24, 2.45) is 23.2 Å². The average Bonchev–Trinajstić information content (AvgIpc) is 3.41. The summed E-state index contributed by atoms with van der Waals surface area (Å²) in [5.74, 6) is -3.44. The van der Waals surface area contributed by atoms with E-state index in [2.05, 4.69) is 0 Å². The Morgan fingerprint density at radius 1 is 1.05 bits per heavy atom. The first-order valence-electron chi connectivity index (χ1n) is 15.2. The molecule has 13 atom stereocenters. The lowest BCUT2D eigenvalue weighted by atomic mass is 9.69. The van der Waals surface area contributed by atoms with E-state index < -0.39 is 90.4 Å². The molecule has 13 nitrogen and oxygen atoms in total. The van der Waals surface area contributed by atoms with Gasteiger partial charge in [-0.25, -0.2) is 9.59 Å². The molecule has 0 spiro atoms. The molecular formula is C30H47NO12. The van der Waals surface area contributed by atoms with E-state index in [1.165, 1.54) is 11.8 Å². The molecule has 0 aromatic carbocycles. The highest BCUT2D eigenvalue weighted by molar-refractivity contribution is 5.82. The van der Waals surface area contributed by atoms with E-state index in [-0.39, 0.29) is 37.2 Å². The van der Waals surface area contributed by atoms with Crippen LogP contribution in [0.5, 0.6) is 0 Å². The van der Waals surface area contributed by atoms with Crippen LogP contribution in [0.4, 0.5) is 9.59 Å². The molecule has 0 saturated carbocycles. The molecule has 4 rings (SSSR count). The SMILES string of the molecule is CC[C@H]1OC(=O)[C@H](C)[C@@H](O)[C@H](C)[C@@H](O[C@@H]2O[C@H](C)C[C@H]3[C@H]2OC(=O)N3C)[C@](C)(CO)C[C@@H](C)C(=O)C[C@H]2OC(=O)O[C@@]21C. The Morgan fingerprint density at radius 2 is 1.72 bits per heavy atom. The molecule has 4 heterocycles. The predicted molar refractivity (Wildman–Crippen MR) is 149 cm³/mol. The summed E-state index contributed by atoms with van der Waals surface area (Å²) in [6.45, 7) is 11.4. The number of aliphatic hydroxyl groups is 2. The number of carbonyl (C=O) groups excluding carboxylic acids is 4. The summed E-state index contributed by atoms with van der Waals surface area (Å²) in [5, 5.41) is 22.4. The van der Waals surface area contributed by atoms with Crippen LogP contribution in [0.25, 0.3) is 0 Å². The van der Waals surface area contributed by atoms with Gasteiger partial charge in [0.15, 0.2) is 24.1 Å². The first kappa shape index (κ1) is 33.4. The number of nitrogens with zero attached hydrogens (tertiary/aromatic N) is 1. The molecule has 0 radical (unpaired) electrons. The first-order chi connectivity index (χ1) is 20.1. The minimum absolute atomic E-state index is 0.133. The fourth-order valence-electron chi connectivity index (χ4n) is 7.16. The van der Waals surface area contributed by atoms with Crippen LogP contribution in [0.2, 0.25) is 0 Å². The molecule has 0 unspecified atom stereocenters. The van der Waals surface area contributed by atoms with Gasteiger partial charge in [0.2, 0.25) is 0 Å². The zero-order valence-electron chi connectivity index (χ0n) is 26.3. The molecule has 2 N–H and O–H groups in total. The predicted octanol–water partition coefficient (Wildman–Crippen LogP) is 2.57. The van der Waals surface area contributed by atoms with Crippen molar-refractivity contribution in [2.75, 3.05) is 13.7 Å². The second-order valence-electron chi connectivity index (χ2n) is 13.3. The van der Waals surface area contributed by atoms with E-state index in [1.807, 2.05) is 6.92 Å². The Bertz CT molecular complexity index is 1090. The fourth-order valence-corrected chi connectivity index (χ4v) is 7.16. The fraction of sp³-hybridized carbons (Fsp3) is 0.867. The molecule has 43 heavy (non-hydrogen) atoms. The van der Waals surface area contributed by atoms with Crippen molar-refractivity contribution in [2.45, 2.75) is 129 Å². The van der Waals surface area contributed by atoms with E-state index in [1.54, 1.807) is 41.7 Å². The van der Waals surface area contributed by atoms with Crippen LogP contribution in [0.3, 0.4) is 0 Å². The number of carbonyl (C=O) groups is 4. The molecule has 0 aliphatic carbocycles. The van der Waals surface area contributed by atoms with Gasteiger partial charge < -0.3 is 43.5 Å². The number of fused-ring (bicyclic) bond motifs is 2. The lowest BCUT2D eigenvalue weighted by Gasteiger charge is -2.46. The molecule has 4 fully saturated rings. The number of esters is 1. The van der Waals surface area contributed by atoms with Crippen molar-refractivity contribution in [3.63, 3.8) is 0 Å². The topological polar surface area (TPSA) is 167 Å². The van der Waals surface area contributed by atoms with Gasteiger partial charge in [-0.2, -0.15) is 0 Å². The summed E-state index contributed by atoms with van der Waals surface area (Å²) in [5.41, 5.74) is -2.55. The van der Waals surface area contributed by atoms with Gasteiger partial charge in [-0.1, -0.05) is 27.7 Å². The second-order valence-corrected chi connectivity index (χ2v) is 13.3. The van der Waals surface area contributed by atoms with Gasteiger partial charge in [0, 0.05) is 30.7 Å². The van der Waals surface area contributed by atoms with Crippen LogP contribution in [0.1, 0.15) is 74.1 Å². The van der Waals surface area contributed by atoms with Gasteiger partial charge in [-0.15, -0.1) is 0 Å². The zero-order valence-corrected chi connectivity index (χ0v) is 26.3. The summed E-state index contributed by atoms with van der Waals surface area (Å²) < 4.78 is 35.0. The van der Waals surface area contributed by atoms with Crippen molar-refractivity contribution >= 4 is 24.0 Å². The Labute approximate surface area is 252 Å². The summed E-state index contributed by atoms with van der Waals surface area (Å²) in [4.78, 5) is 53.2. The number of rotatable bonds is 4. The smallest absolute Gasteiger partial charge is 0.458 e. The molecule has 244 valence electrons. The number of likely N-dealkylation sites (N-methyl/N-ethyl adjacent to an activating group) is 1. The van der Waals surface area contributed by atoms with Crippen LogP contribution < -0.4 is 0 Å². The third-order valence-corrected chi connectivity index (χ3v) is 10.00. The molecule has 13 heteroatoms. The third kappa shape index (κ3) is 6.23. The molecule has 4 saturated heterocycles. The van der Waals surface area contributed by atoms with E-state index in [0.29, 0.717) is 6.42 Å². The number of ketones is 1. The number of cyclic esters (lactones) is 1.